The molecule has 3 atom stereocenters. The van der Waals surface area contributed by atoms with Gasteiger partial charge in [0.05, 0.1) is 18.1 Å². The van der Waals surface area contributed by atoms with Crippen LogP contribution in [0.5, 0.6) is 0 Å². The molecule has 4 rings (SSSR count). The zero-order valence-electron chi connectivity index (χ0n) is 19.8. The third-order valence-electron chi connectivity index (χ3n) is 7.26. The number of ether oxygens (including phenoxy) is 1. The Labute approximate surface area is 200 Å². The molecule has 1 spiro atoms. The van der Waals surface area contributed by atoms with Gasteiger partial charge in [0.1, 0.15) is 11.6 Å². The fourth-order valence-corrected chi connectivity index (χ4v) is 6.72. The highest BCUT2D eigenvalue weighted by Crippen LogP contribution is 2.39. The summed E-state index contributed by atoms with van der Waals surface area (Å²) in [6.07, 6.45) is 3.24. The summed E-state index contributed by atoms with van der Waals surface area (Å²) in [6, 6.07) is 3.03. The minimum atomic E-state index is -3.76. The molecule has 0 radical (unpaired) electrons. The fraction of sp³-hybridized carbons (Fsp3) is 0.609. The number of carbonyl (C=O) groups is 3. The van der Waals surface area contributed by atoms with E-state index in [1.165, 1.54) is 17.3 Å². The number of anilines is 1. The number of amides is 4. The van der Waals surface area contributed by atoms with Gasteiger partial charge in [0.15, 0.2) is 0 Å². The van der Waals surface area contributed by atoms with Crippen LogP contribution in [0, 0.1) is 12.8 Å². The molecule has 2 heterocycles. The third kappa shape index (κ3) is 4.20. The van der Waals surface area contributed by atoms with Crippen LogP contribution in [-0.4, -0.2) is 73.4 Å². The number of imide groups is 1. The van der Waals surface area contributed by atoms with E-state index in [4.69, 9.17) is 4.74 Å². The Bertz CT molecular complexity index is 1100. The first-order chi connectivity index (χ1) is 16.1. The van der Waals surface area contributed by atoms with Crippen molar-refractivity contribution in [3.05, 3.63) is 23.8 Å². The number of aryl methyl sites for hydroxylation is 1. The van der Waals surface area contributed by atoms with E-state index < -0.39 is 33.5 Å². The van der Waals surface area contributed by atoms with Gasteiger partial charge in [0.2, 0.25) is 15.9 Å². The molecule has 1 saturated carbocycles. The van der Waals surface area contributed by atoms with Crippen molar-refractivity contribution in [2.24, 2.45) is 5.92 Å². The van der Waals surface area contributed by atoms with Crippen molar-refractivity contribution < 1.29 is 27.5 Å². The van der Waals surface area contributed by atoms with Crippen molar-refractivity contribution in [1.82, 2.24) is 14.5 Å². The average Bonchev–Trinajstić information content (AvgIpc) is 3.06. The average molecular weight is 493 g/mol. The lowest BCUT2D eigenvalue weighted by Gasteiger charge is -2.37. The number of hydrogen-bond acceptors (Lipinski definition) is 6. The van der Waals surface area contributed by atoms with Gasteiger partial charge in [0.25, 0.3) is 5.91 Å². The molecular weight excluding hydrogens is 460 g/mol. The minimum Gasteiger partial charge on any atom is -0.379 e. The molecule has 0 unspecified atom stereocenters. The van der Waals surface area contributed by atoms with Gasteiger partial charge in [-0.05, 0) is 50.3 Å². The predicted molar refractivity (Wildman–Crippen MR) is 125 cm³/mol. The Morgan fingerprint density at radius 2 is 1.94 bits per heavy atom. The molecule has 2 aliphatic heterocycles. The SMILES string of the molecule is Cc1ccc(NC(=O)[C@H](C)N2C(=O)N[C@@]3(CCCC[C@@H]3C)C2=O)cc1S(=O)(=O)N1CCOCC1. The van der Waals surface area contributed by atoms with Crippen molar-refractivity contribution in [3.8, 4) is 0 Å². The van der Waals surface area contributed by atoms with Crippen LogP contribution in [-0.2, 0) is 24.3 Å². The van der Waals surface area contributed by atoms with E-state index in [0.717, 1.165) is 24.2 Å². The van der Waals surface area contributed by atoms with E-state index in [1.807, 2.05) is 6.92 Å². The van der Waals surface area contributed by atoms with Gasteiger partial charge in [-0.15, -0.1) is 0 Å². The van der Waals surface area contributed by atoms with Crippen LogP contribution < -0.4 is 10.6 Å². The minimum absolute atomic E-state index is 0.0111. The van der Waals surface area contributed by atoms with E-state index in [2.05, 4.69) is 10.6 Å². The van der Waals surface area contributed by atoms with Crippen LogP contribution in [0.25, 0.3) is 0 Å². The first kappa shape index (κ1) is 24.6. The van der Waals surface area contributed by atoms with Gasteiger partial charge >= 0.3 is 6.03 Å². The lowest BCUT2D eigenvalue weighted by Crippen LogP contribution is -2.54. The number of benzene rings is 1. The monoisotopic (exact) mass is 492 g/mol. The molecular formula is C23H32N4O6S. The molecule has 3 fully saturated rings. The van der Waals surface area contributed by atoms with Gasteiger partial charge in [-0.2, -0.15) is 4.31 Å². The second kappa shape index (κ2) is 9.27. The van der Waals surface area contributed by atoms with Crippen molar-refractivity contribution in [3.63, 3.8) is 0 Å². The molecule has 34 heavy (non-hydrogen) atoms. The molecule has 2 N–H and O–H groups in total. The number of morpholine rings is 1. The van der Waals surface area contributed by atoms with Crippen molar-refractivity contribution in [2.75, 3.05) is 31.6 Å². The first-order valence-corrected chi connectivity index (χ1v) is 13.2. The van der Waals surface area contributed by atoms with Crippen LogP contribution in [0.4, 0.5) is 10.5 Å². The first-order valence-electron chi connectivity index (χ1n) is 11.7. The van der Waals surface area contributed by atoms with Crippen LogP contribution in [0.15, 0.2) is 23.1 Å². The number of nitrogens with one attached hydrogen (secondary N) is 2. The molecule has 10 nitrogen and oxygen atoms in total. The van der Waals surface area contributed by atoms with Crippen LogP contribution in [0.2, 0.25) is 0 Å². The summed E-state index contributed by atoms with van der Waals surface area (Å²) in [4.78, 5) is 40.1. The standard InChI is InChI=1S/C23H32N4O6S/c1-15-7-8-18(14-19(15)34(31,32)26-10-12-33-13-11-26)24-20(28)17(3)27-21(29)23(25-22(27)30)9-5-4-6-16(23)2/h7-8,14,16-17H,4-6,9-13H2,1-3H3,(H,24,28)(H,25,30)/t16-,17-,23+/m0/s1. The molecule has 4 amide bonds. The van der Waals surface area contributed by atoms with Gasteiger partial charge in [-0.25, -0.2) is 18.1 Å². The summed E-state index contributed by atoms with van der Waals surface area (Å²) in [6.45, 7) is 6.34. The molecule has 3 aliphatic rings. The third-order valence-corrected chi connectivity index (χ3v) is 9.30. The highest BCUT2D eigenvalue weighted by Gasteiger charge is 2.56. The Kier molecular flexibility index (Phi) is 6.71. The lowest BCUT2D eigenvalue weighted by atomic mass is 9.73. The number of sulfonamides is 1. The van der Waals surface area contributed by atoms with E-state index in [9.17, 15) is 22.8 Å². The molecule has 1 aromatic carbocycles. The Morgan fingerprint density at radius 3 is 2.62 bits per heavy atom. The Balaban J connectivity index is 1.52. The largest absolute Gasteiger partial charge is 0.379 e. The maximum Gasteiger partial charge on any atom is 0.325 e. The molecule has 2 saturated heterocycles. The molecule has 1 aromatic rings. The number of carbonyl (C=O) groups excluding carboxylic acids is 3. The van der Waals surface area contributed by atoms with E-state index in [1.54, 1.807) is 19.1 Å². The number of hydrogen-bond donors (Lipinski definition) is 2. The van der Waals surface area contributed by atoms with Crippen molar-refractivity contribution >= 4 is 33.6 Å². The number of nitrogens with zero attached hydrogens (tertiary/aromatic N) is 2. The van der Waals surface area contributed by atoms with Crippen LogP contribution in [0.1, 0.15) is 45.1 Å². The Morgan fingerprint density at radius 1 is 1.24 bits per heavy atom. The highest BCUT2D eigenvalue weighted by atomic mass is 32.2. The van der Waals surface area contributed by atoms with Gasteiger partial charge < -0.3 is 15.4 Å². The molecule has 1 aliphatic carbocycles. The molecule has 0 bridgehead atoms. The van der Waals surface area contributed by atoms with Gasteiger partial charge in [-0.3, -0.25) is 9.59 Å². The second-order valence-electron chi connectivity index (χ2n) is 9.39. The summed E-state index contributed by atoms with van der Waals surface area (Å²) in [7, 11) is -3.76. The van der Waals surface area contributed by atoms with Crippen LogP contribution >= 0.6 is 0 Å². The lowest BCUT2D eigenvalue weighted by molar-refractivity contribution is -0.138. The summed E-state index contributed by atoms with van der Waals surface area (Å²) < 4.78 is 32.9. The topological polar surface area (TPSA) is 125 Å². The maximum absolute atomic E-state index is 13.3. The van der Waals surface area contributed by atoms with Gasteiger partial charge in [0, 0.05) is 18.8 Å². The van der Waals surface area contributed by atoms with Crippen LogP contribution in [0.3, 0.4) is 0 Å². The van der Waals surface area contributed by atoms with E-state index in [-0.39, 0.29) is 35.5 Å². The zero-order chi connectivity index (χ0) is 24.7. The normalized spacial score (nSPS) is 27.0. The van der Waals surface area contributed by atoms with Crippen molar-refractivity contribution in [1.29, 1.82) is 0 Å². The second-order valence-corrected chi connectivity index (χ2v) is 11.3. The summed E-state index contributed by atoms with van der Waals surface area (Å²) in [5.74, 6) is -0.947. The van der Waals surface area contributed by atoms with Crippen molar-refractivity contribution in [2.45, 2.75) is 62.9 Å². The zero-order valence-corrected chi connectivity index (χ0v) is 20.6. The predicted octanol–water partition coefficient (Wildman–Crippen LogP) is 1.84. The maximum atomic E-state index is 13.3. The van der Waals surface area contributed by atoms with E-state index >= 15 is 0 Å². The fourth-order valence-electron chi connectivity index (χ4n) is 5.06. The number of rotatable bonds is 5. The smallest absolute Gasteiger partial charge is 0.325 e. The molecule has 186 valence electrons. The quantitative estimate of drug-likeness (QED) is 0.605. The number of urea groups is 1. The summed E-state index contributed by atoms with van der Waals surface area (Å²) >= 11 is 0. The molecule has 11 heteroatoms. The Hall–Kier alpha value is -2.50. The summed E-state index contributed by atoms with van der Waals surface area (Å²) in [5.41, 5.74) is -0.116. The summed E-state index contributed by atoms with van der Waals surface area (Å²) in [5, 5.41) is 5.54. The van der Waals surface area contributed by atoms with E-state index in [0.29, 0.717) is 25.2 Å². The molecule has 0 aromatic heterocycles. The highest BCUT2D eigenvalue weighted by molar-refractivity contribution is 7.89. The van der Waals surface area contributed by atoms with Gasteiger partial charge in [-0.1, -0.05) is 25.8 Å².